The molecular formula is C15H15N3OS. The van der Waals surface area contributed by atoms with Crippen LogP contribution in [-0.4, -0.2) is 16.5 Å². The zero-order valence-electron chi connectivity index (χ0n) is 11.4. The first kappa shape index (κ1) is 12.9. The van der Waals surface area contributed by atoms with E-state index in [-0.39, 0.29) is 0 Å². The molecule has 0 unspecified atom stereocenters. The highest BCUT2D eigenvalue weighted by atomic mass is 32.1. The summed E-state index contributed by atoms with van der Waals surface area (Å²) in [5.41, 5.74) is 1.16. The predicted molar refractivity (Wildman–Crippen MR) is 82.8 cm³/mol. The highest BCUT2D eigenvalue weighted by molar-refractivity contribution is 7.16. The van der Waals surface area contributed by atoms with Gasteiger partial charge in [0.2, 0.25) is 11.8 Å². The number of ether oxygens (including phenoxy) is 1. The van der Waals surface area contributed by atoms with Gasteiger partial charge in [-0.2, -0.15) is 4.98 Å². The van der Waals surface area contributed by atoms with Crippen molar-refractivity contribution in [3.63, 3.8) is 0 Å². The summed E-state index contributed by atoms with van der Waals surface area (Å²) in [5, 5.41) is 6.07. The molecule has 0 saturated heterocycles. The fraction of sp³-hybridized carbons (Fsp3) is 0.200. The van der Waals surface area contributed by atoms with Crippen LogP contribution >= 0.6 is 11.3 Å². The molecule has 0 aliphatic heterocycles. The fourth-order valence-electron chi connectivity index (χ4n) is 1.93. The molecule has 0 spiro atoms. The number of aryl methyl sites for hydroxylation is 1. The molecule has 20 heavy (non-hydrogen) atoms. The summed E-state index contributed by atoms with van der Waals surface area (Å²) >= 11 is 1.58. The lowest BCUT2D eigenvalue weighted by atomic mass is 10.2. The first-order valence-corrected chi connectivity index (χ1v) is 7.38. The zero-order chi connectivity index (χ0) is 13.9. The van der Waals surface area contributed by atoms with Crippen LogP contribution in [0.25, 0.3) is 10.2 Å². The van der Waals surface area contributed by atoms with Gasteiger partial charge in [-0.15, -0.1) is 11.3 Å². The van der Waals surface area contributed by atoms with Crippen molar-refractivity contribution in [3.8, 4) is 11.6 Å². The lowest BCUT2D eigenvalue weighted by molar-refractivity contribution is 0.469. The number of fused-ring (bicyclic) bond motifs is 1. The average Bonchev–Trinajstić information content (AvgIpc) is 2.87. The molecule has 0 atom stereocenters. The topological polar surface area (TPSA) is 47.0 Å². The number of hydrogen-bond acceptors (Lipinski definition) is 5. The van der Waals surface area contributed by atoms with Gasteiger partial charge < -0.3 is 10.1 Å². The first-order valence-electron chi connectivity index (χ1n) is 6.50. The summed E-state index contributed by atoms with van der Waals surface area (Å²) in [7, 11) is 0. The Bertz CT molecular complexity index is 739. The number of anilines is 1. The van der Waals surface area contributed by atoms with Crippen molar-refractivity contribution < 1.29 is 4.74 Å². The minimum absolute atomic E-state index is 0.595. The molecule has 3 aromatic rings. The maximum atomic E-state index is 5.93. The lowest BCUT2D eigenvalue weighted by Gasteiger charge is -2.08. The van der Waals surface area contributed by atoms with Gasteiger partial charge >= 0.3 is 0 Å². The third-order valence-electron chi connectivity index (χ3n) is 2.83. The number of thiophene rings is 1. The van der Waals surface area contributed by atoms with Gasteiger partial charge in [0.15, 0.2) is 0 Å². The van der Waals surface area contributed by atoms with E-state index in [4.69, 9.17) is 4.74 Å². The SMILES string of the molecule is CCNc1nc(Oc2cccc(C)c2)c2ccsc2n1. The van der Waals surface area contributed by atoms with Crippen molar-refractivity contribution in [2.24, 2.45) is 0 Å². The summed E-state index contributed by atoms with van der Waals surface area (Å²) in [6.45, 7) is 4.83. The molecular weight excluding hydrogens is 270 g/mol. The number of nitrogens with one attached hydrogen (secondary N) is 1. The van der Waals surface area contributed by atoms with E-state index >= 15 is 0 Å². The van der Waals surface area contributed by atoms with Crippen LogP contribution in [0.1, 0.15) is 12.5 Å². The van der Waals surface area contributed by atoms with Crippen LogP contribution in [0.4, 0.5) is 5.95 Å². The van der Waals surface area contributed by atoms with E-state index in [0.717, 1.165) is 28.1 Å². The summed E-state index contributed by atoms with van der Waals surface area (Å²) < 4.78 is 5.93. The fourth-order valence-corrected chi connectivity index (χ4v) is 2.69. The van der Waals surface area contributed by atoms with E-state index in [1.807, 2.05) is 49.6 Å². The van der Waals surface area contributed by atoms with E-state index < -0.39 is 0 Å². The first-order chi connectivity index (χ1) is 9.76. The molecule has 0 fully saturated rings. The molecule has 4 nitrogen and oxygen atoms in total. The highest BCUT2D eigenvalue weighted by Gasteiger charge is 2.10. The van der Waals surface area contributed by atoms with Crippen LogP contribution in [0.2, 0.25) is 0 Å². The van der Waals surface area contributed by atoms with Gasteiger partial charge in [-0.3, -0.25) is 0 Å². The minimum Gasteiger partial charge on any atom is -0.438 e. The Kier molecular flexibility index (Phi) is 3.52. The summed E-state index contributed by atoms with van der Waals surface area (Å²) in [6.07, 6.45) is 0. The summed E-state index contributed by atoms with van der Waals surface area (Å²) in [5.74, 6) is 1.99. The molecule has 0 bridgehead atoms. The van der Waals surface area contributed by atoms with Crippen LogP contribution in [0.5, 0.6) is 11.6 Å². The standard InChI is InChI=1S/C15H15N3OS/c1-3-16-15-17-13(12-7-8-20-14(12)18-15)19-11-6-4-5-10(2)9-11/h4-9H,3H2,1-2H3,(H,16,17,18). The summed E-state index contributed by atoms with van der Waals surface area (Å²) in [4.78, 5) is 9.84. The third-order valence-corrected chi connectivity index (χ3v) is 3.64. The Morgan fingerprint density at radius 2 is 2.15 bits per heavy atom. The lowest BCUT2D eigenvalue weighted by Crippen LogP contribution is -2.02. The third kappa shape index (κ3) is 2.58. The molecule has 1 aromatic carbocycles. The molecule has 0 aliphatic carbocycles. The molecule has 0 radical (unpaired) electrons. The van der Waals surface area contributed by atoms with Crippen molar-refractivity contribution in [1.29, 1.82) is 0 Å². The molecule has 2 aromatic heterocycles. The van der Waals surface area contributed by atoms with E-state index in [0.29, 0.717) is 11.8 Å². The average molecular weight is 285 g/mol. The molecule has 5 heteroatoms. The van der Waals surface area contributed by atoms with Crippen LogP contribution < -0.4 is 10.1 Å². The van der Waals surface area contributed by atoms with Crippen molar-refractivity contribution in [2.45, 2.75) is 13.8 Å². The number of nitrogens with zero attached hydrogens (tertiary/aromatic N) is 2. The normalized spacial score (nSPS) is 10.7. The Morgan fingerprint density at radius 1 is 1.25 bits per heavy atom. The molecule has 102 valence electrons. The Morgan fingerprint density at radius 3 is 2.95 bits per heavy atom. The van der Waals surface area contributed by atoms with Gasteiger partial charge in [-0.25, -0.2) is 4.98 Å². The van der Waals surface area contributed by atoms with Gasteiger partial charge in [-0.05, 0) is 43.0 Å². The molecule has 0 aliphatic rings. The van der Waals surface area contributed by atoms with E-state index in [2.05, 4.69) is 15.3 Å². The molecule has 1 N–H and O–H groups in total. The van der Waals surface area contributed by atoms with Crippen molar-refractivity contribution in [2.75, 3.05) is 11.9 Å². The Labute approximate surface area is 121 Å². The second kappa shape index (κ2) is 5.46. The molecule has 0 saturated carbocycles. The molecule has 3 rings (SSSR count). The van der Waals surface area contributed by atoms with Crippen LogP contribution in [-0.2, 0) is 0 Å². The Hall–Kier alpha value is -2.14. The smallest absolute Gasteiger partial charge is 0.232 e. The zero-order valence-corrected chi connectivity index (χ0v) is 12.2. The van der Waals surface area contributed by atoms with Crippen LogP contribution in [0.3, 0.4) is 0 Å². The summed E-state index contributed by atoms with van der Waals surface area (Å²) in [6, 6.07) is 9.92. The van der Waals surface area contributed by atoms with Gasteiger partial charge in [0.1, 0.15) is 10.6 Å². The largest absolute Gasteiger partial charge is 0.438 e. The number of aromatic nitrogens is 2. The van der Waals surface area contributed by atoms with Crippen molar-refractivity contribution >= 4 is 27.5 Å². The van der Waals surface area contributed by atoms with Gasteiger partial charge in [0.25, 0.3) is 0 Å². The molecule has 0 amide bonds. The van der Waals surface area contributed by atoms with Crippen LogP contribution in [0, 0.1) is 6.92 Å². The minimum atomic E-state index is 0.595. The van der Waals surface area contributed by atoms with E-state index in [1.54, 1.807) is 11.3 Å². The monoisotopic (exact) mass is 285 g/mol. The highest BCUT2D eigenvalue weighted by Crippen LogP contribution is 2.31. The van der Waals surface area contributed by atoms with Gasteiger partial charge in [-0.1, -0.05) is 12.1 Å². The Balaban J connectivity index is 2.02. The second-order valence-electron chi connectivity index (χ2n) is 4.44. The van der Waals surface area contributed by atoms with Crippen LogP contribution in [0.15, 0.2) is 35.7 Å². The number of hydrogen-bond donors (Lipinski definition) is 1. The van der Waals surface area contributed by atoms with E-state index in [9.17, 15) is 0 Å². The van der Waals surface area contributed by atoms with Gasteiger partial charge in [0.05, 0.1) is 5.39 Å². The number of rotatable bonds is 4. The maximum absolute atomic E-state index is 5.93. The van der Waals surface area contributed by atoms with Gasteiger partial charge in [0, 0.05) is 6.54 Å². The number of benzene rings is 1. The predicted octanol–water partition coefficient (Wildman–Crippen LogP) is 4.22. The second-order valence-corrected chi connectivity index (χ2v) is 5.34. The van der Waals surface area contributed by atoms with Crippen molar-refractivity contribution in [1.82, 2.24) is 9.97 Å². The maximum Gasteiger partial charge on any atom is 0.232 e. The molecule has 2 heterocycles. The van der Waals surface area contributed by atoms with Crippen molar-refractivity contribution in [3.05, 3.63) is 41.3 Å². The van der Waals surface area contributed by atoms with E-state index in [1.165, 1.54) is 0 Å². The quantitative estimate of drug-likeness (QED) is 0.779.